The number of esters is 1. The maximum Gasteiger partial charge on any atom is 0.305 e. The van der Waals surface area contributed by atoms with Crippen LogP contribution in [0.4, 0.5) is 0 Å². The van der Waals surface area contributed by atoms with E-state index in [0.717, 1.165) is 22.4 Å². The minimum atomic E-state index is -0.196. The van der Waals surface area contributed by atoms with Gasteiger partial charge in [-0.15, -0.1) is 11.6 Å². The van der Waals surface area contributed by atoms with Gasteiger partial charge in [0.15, 0.2) is 0 Å². The largest absolute Gasteiger partial charge is 0.494 e. The predicted octanol–water partition coefficient (Wildman–Crippen LogP) is 4.33. The molecule has 1 aromatic rings. The van der Waals surface area contributed by atoms with Gasteiger partial charge in [0.1, 0.15) is 5.75 Å². The Morgan fingerprint density at radius 3 is 2.50 bits per heavy atom. The molecule has 1 aromatic carbocycles. The van der Waals surface area contributed by atoms with E-state index in [1.807, 2.05) is 32.9 Å². The fourth-order valence-corrected chi connectivity index (χ4v) is 2.44. The second kappa shape index (κ2) is 8.15. The maximum atomic E-state index is 11.4. The monoisotopic (exact) mass is 298 g/mol. The predicted molar refractivity (Wildman–Crippen MR) is 81.5 cm³/mol. The Balaban J connectivity index is 2.75. The van der Waals surface area contributed by atoms with E-state index in [-0.39, 0.29) is 11.3 Å². The number of hydrogen-bond donors (Lipinski definition) is 0. The van der Waals surface area contributed by atoms with E-state index in [9.17, 15) is 4.79 Å². The van der Waals surface area contributed by atoms with Crippen molar-refractivity contribution in [1.29, 1.82) is 0 Å². The number of benzene rings is 1. The molecule has 0 bridgehead atoms. The molecule has 0 fully saturated rings. The molecule has 20 heavy (non-hydrogen) atoms. The molecule has 4 heteroatoms. The van der Waals surface area contributed by atoms with Crippen LogP contribution in [0.3, 0.4) is 0 Å². The van der Waals surface area contributed by atoms with Crippen LogP contribution in [0.15, 0.2) is 12.1 Å². The van der Waals surface area contributed by atoms with Gasteiger partial charge in [-0.1, -0.05) is 6.07 Å². The second-order valence-corrected chi connectivity index (χ2v) is 5.25. The van der Waals surface area contributed by atoms with E-state index in [4.69, 9.17) is 21.1 Å². The van der Waals surface area contributed by atoms with Crippen LogP contribution in [0.2, 0.25) is 0 Å². The normalized spacial score (nSPS) is 12.1. The Morgan fingerprint density at radius 2 is 1.90 bits per heavy atom. The van der Waals surface area contributed by atoms with Crippen molar-refractivity contribution in [2.24, 2.45) is 0 Å². The second-order valence-electron chi connectivity index (χ2n) is 4.72. The number of rotatable bonds is 7. The molecule has 1 atom stereocenters. The molecule has 1 rings (SSSR count). The molecule has 0 aliphatic rings. The summed E-state index contributed by atoms with van der Waals surface area (Å²) in [5.74, 6) is 0.696. The minimum Gasteiger partial charge on any atom is -0.494 e. The van der Waals surface area contributed by atoms with Crippen LogP contribution in [-0.4, -0.2) is 19.2 Å². The Kier molecular flexibility index (Phi) is 6.86. The molecule has 0 heterocycles. The van der Waals surface area contributed by atoms with Gasteiger partial charge in [-0.2, -0.15) is 0 Å². The Hall–Kier alpha value is -1.22. The maximum absolute atomic E-state index is 11.4. The smallest absolute Gasteiger partial charge is 0.305 e. The molecule has 0 saturated carbocycles. The Morgan fingerprint density at radius 1 is 1.20 bits per heavy atom. The van der Waals surface area contributed by atoms with E-state index in [1.165, 1.54) is 0 Å². The average Bonchev–Trinajstić information content (AvgIpc) is 2.40. The lowest BCUT2D eigenvalue weighted by atomic mass is 9.99. The van der Waals surface area contributed by atoms with E-state index in [0.29, 0.717) is 26.1 Å². The highest BCUT2D eigenvalue weighted by atomic mass is 35.5. The van der Waals surface area contributed by atoms with Crippen molar-refractivity contribution in [3.05, 3.63) is 28.8 Å². The first-order valence-corrected chi connectivity index (χ1v) is 7.46. The topological polar surface area (TPSA) is 35.5 Å². The molecule has 0 aliphatic carbocycles. The molecule has 0 radical (unpaired) electrons. The summed E-state index contributed by atoms with van der Waals surface area (Å²) in [7, 11) is 0. The summed E-state index contributed by atoms with van der Waals surface area (Å²) in [5, 5.41) is -0.186. The summed E-state index contributed by atoms with van der Waals surface area (Å²) >= 11 is 6.41. The number of alkyl halides is 1. The fraction of sp³-hybridized carbons (Fsp3) is 0.562. The SMILES string of the molecule is CCOC(=O)CCC(Cl)c1cc(C)c(OCC)cc1C. The lowest BCUT2D eigenvalue weighted by Crippen LogP contribution is -2.06. The fourth-order valence-electron chi connectivity index (χ4n) is 2.09. The molecular weight excluding hydrogens is 276 g/mol. The number of halogens is 1. The van der Waals surface area contributed by atoms with Crippen LogP contribution >= 0.6 is 11.6 Å². The lowest BCUT2D eigenvalue weighted by Gasteiger charge is -2.16. The number of carbonyl (C=O) groups is 1. The van der Waals surface area contributed by atoms with Crippen molar-refractivity contribution < 1.29 is 14.3 Å². The van der Waals surface area contributed by atoms with Gasteiger partial charge in [0.2, 0.25) is 0 Å². The van der Waals surface area contributed by atoms with Crippen molar-refractivity contribution in [3.63, 3.8) is 0 Å². The highest BCUT2D eigenvalue weighted by Gasteiger charge is 2.15. The molecule has 0 amide bonds. The molecule has 3 nitrogen and oxygen atoms in total. The van der Waals surface area contributed by atoms with Crippen LogP contribution in [0, 0.1) is 13.8 Å². The molecular formula is C16H23ClO3. The van der Waals surface area contributed by atoms with Gasteiger partial charge in [0.25, 0.3) is 0 Å². The van der Waals surface area contributed by atoms with Crippen LogP contribution in [0.1, 0.15) is 48.8 Å². The molecule has 0 spiro atoms. The third kappa shape index (κ3) is 4.71. The molecule has 0 saturated heterocycles. The zero-order chi connectivity index (χ0) is 15.1. The highest BCUT2D eigenvalue weighted by Crippen LogP contribution is 2.32. The zero-order valence-electron chi connectivity index (χ0n) is 12.7. The van der Waals surface area contributed by atoms with Crippen LogP contribution < -0.4 is 4.74 Å². The van der Waals surface area contributed by atoms with Crippen molar-refractivity contribution in [3.8, 4) is 5.75 Å². The third-order valence-corrected chi connectivity index (χ3v) is 3.56. The lowest BCUT2D eigenvalue weighted by molar-refractivity contribution is -0.143. The van der Waals surface area contributed by atoms with Crippen molar-refractivity contribution >= 4 is 17.6 Å². The van der Waals surface area contributed by atoms with E-state index in [2.05, 4.69) is 0 Å². The summed E-state index contributed by atoms with van der Waals surface area (Å²) in [6.45, 7) is 8.84. The van der Waals surface area contributed by atoms with Crippen molar-refractivity contribution in [2.75, 3.05) is 13.2 Å². The van der Waals surface area contributed by atoms with Gasteiger partial charge < -0.3 is 9.47 Å². The first-order chi connectivity index (χ1) is 9.49. The van der Waals surface area contributed by atoms with Gasteiger partial charge in [0.05, 0.1) is 18.6 Å². The molecule has 0 aliphatic heterocycles. The van der Waals surface area contributed by atoms with Gasteiger partial charge in [-0.3, -0.25) is 4.79 Å². The van der Waals surface area contributed by atoms with Crippen LogP contribution in [0.5, 0.6) is 5.75 Å². The van der Waals surface area contributed by atoms with Crippen molar-refractivity contribution in [2.45, 2.75) is 45.9 Å². The Bertz CT molecular complexity index is 457. The quantitative estimate of drug-likeness (QED) is 0.555. The van der Waals surface area contributed by atoms with E-state index >= 15 is 0 Å². The van der Waals surface area contributed by atoms with E-state index < -0.39 is 0 Å². The van der Waals surface area contributed by atoms with Crippen LogP contribution in [0.25, 0.3) is 0 Å². The molecule has 1 unspecified atom stereocenters. The number of hydrogen-bond acceptors (Lipinski definition) is 3. The van der Waals surface area contributed by atoms with Gasteiger partial charge in [-0.25, -0.2) is 0 Å². The first-order valence-electron chi connectivity index (χ1n) is 7.03. The van der Waals surface area contributed by atoms with Gasteiger partial charge in [0, 0.05) is 6.42 Å². The molecule has 0 aromatic heterocycles. The number of aryl methyl sites for hydroxylation is 2. The summed E-state index contributed by atoms with van der Waals surface area (Å²) in [5.41, 5.74) is 3.20. The summed E-state index contributed by atoms with van der Waals surface area (Å²) in [4.78, 5) is 11.4. The Labute approximate surface area is 126 Å². The summed E-state index contributed by atoms with van der Waals surface area (Å²) < 4.78 is 10.5. The average molecular weight is 299 g/mol. The van der Waals surface area contributed by atoms with Gasteiger partial charge >= 0.3 is 5.97 Å². The minimum absolute atomic E-state index is 0.186. The number of ether oxygens (including phenoxy) is 2. The standard InChI is InChI=1S/C16H23ClO3/c1-5-19-15-10-11(3)13(9-12(15)4)14(17)7-8-16(18)20-6-2/h9-10,14H,5-8H2,1-4H3. The summed E-state index contributed by atoms with van der Waals surface area (Å²) in [6.07, 6.45) is 0.919. The molecule has 112 valence electrons. The van der Waals surface area contributed by atoms with Gasteiger partial charge in [-0.05, 0) is 56.9 Å². The van der Waals surface area contributed by atoms with Crippen molar-refractivity contribution in [1.82, 2.24) is 0 Å². The highest BCUT2D eigenvalue weighted by molar-refractivity contribution is 6.21. The summed E-state index contributed by atoms with van der Waals surface area (Å²) in [6, 6.07) is 4.05. The van der Waals surface area contributed by atoms with E-state index in [1.54, 1.807) is 6.92 Å². The number of carbonyl (C=O) groups excluding carboxylic acids is 1. The first kappa shape index (κ1) is 16.8. The zero-order valence-corrected chi connectivity index (χ0v) is 13.4. The van der Waals surface area contributed by atoms with Crippen LogP contribution in [-0.2, 0) is 9.53 Å². The third-order valence-electron chi connectivity index (χ3n) is 3.11. The molecule has 0 N–H and O–H groups in total.